The number of carbonyl (C=O) groups is 1. The summed E-state index contributed by atoms with van der Waals surface area (Å²) in [6.07, 6.45) is 2.09. The summed E-state index contributed by atoms with van der Waals surface area (Å²) in [6.45, 7) is 0. The van der Waals surface area contributed by atoms with Gasteiger partial charge in [0.2, 0.25) is 0 Å². The SMILES string of the molecule is N[C@H]1N=CC=C(C(=O)O)N1. The minimum Gasteiger partial charge on any atom is -0.477 e. The summed E-state index contributed by atoms with van der Waals surface area (Å²) in [5.74, 6) is -1.03. The molecule has 0 bridgehead atoms. The van der Waals surface area contributed by atoms with E-state index in [1.807, 2.05) is 0 Å². The van der Waals surface area contributed by atoms with Crippen molar-refractivity contribution in [3.63, 3.8) is 0 Å². The lowest BCUT2D eigenvalue weighted by Gasteiger charge is -2.13. The largest absolute Gasteiger partial charge is 0.477 e. The molecule has 0 amide bonds. The van der Waals surface area contributed by atoms with Gasteiger partial charge in [-0.15, -0.1) is 0 Å². The van der Waals surface area contributed by atoms with Crippen molar-refractivity contribution in [3.05, 3.63) is 11.8 Å². The topological polar surface area (TPSA) is 87.7 Å². The number of rotatable bonds is 1. The van der Waals surface area contributed by atoms with E-state index in [1.165, 1.54) is 12.3 Å². The minimum absolute atomic E-state index is 0.0718. The number of nitrogens with two attached hydrogens (primary N) is 1. The Hall–Kier alpha value is -1.36. The first-order valence-corrected chi connectivity index (χ1v) is 2.69. The number of aliphatic imine (C=N–C) groups is 1. The molecule has 54 valence electrons. The van der Waals surface area contributed by atoms with Crippen LogP contribution in [0.15, 0.2) is 16.8 Å². The maximum absolute atomic E-state index is 10.3. The van der Waals surface area contributed by atoms with E-state index >= 15 is 0 Å². The molecule has 1 heterocycles. The summed E-state index contributed by atoms with van der Waals surface area (Å²) < 4.78 is 0. The van der Waals surface area contributed by atoms with Crippen LogP contribution >= 0.6 is 0 Å². The van der Waals surface area contributed by atoms with Gasteiger partial charge >= 0.3 is 5.97 Å². The van der Waals surface area contributed by atoms with Gasteiger partial charge < -0.3 is 10.4 Å². The molecule has 0 aromatic rings. The number of carboxylic acids is 1. The summed E-state index contributed by atoms with van der Waals surface area (Å²) >= 11 is 0. The van der Waals surface area contributed by atoms with Crippen molar-refractivity contribution in [1.29, 1.82) is 0 Å². The second kappa shape index (κ2) is 2.49. The Labute approximate surface area is 57.2 Å². The number of hydrogen-bond acceptors (Lipinski definition) is 4. The molecule has 0 aromatic carbocycles. The van der Waals surface area contributed by atoms with Gasteiger partial charge in [-0.05, 0) is 6.08 Å². The van der Waals surface area contributed by atoms with E-state index in [1.54, 1.807) is 0 Å². The molecule has 0 aliphatic carbocycles. The van der Waals surface area contributed by atoms with Crippen LogP contribution in [0.1, 0.15) is 0 Å². The summed E-state index contributed by atoms with van der Waals surface area (Å²) in [4.78, 5) is 13.9. The van der Waals surface area contributed by atoms with E-state index in [0.29, 0.717) is 0 Å². The van der Waals surface area contributed by atoms with Crippen molar-refractivity contribution in [1.82, 2.24) is 5.32 Å². The molecule has 0 spiro atoms. The Morgan fingerprint density at radius 3 is 3.00 bits per heavy atom. The number of nitrogens with one attached hydrogen (secondary N) is 1. The third-order valence-corrected chi connectivity index (χ3v) is 1.02. The average Bonchev–Trinajstić information content (AvgIpc) is 1.88. The lowest BCUT2D eigenvalue weighted by Crippen LogP contribution is -2.39. The maximum atomic E-state index is 10.3. The average molecular weight is 141 g/mol. The van der Waals surface area contributed by atoms with Gasteiger partial charge in [-0.3, -0.25) is 10.7 Å². The number of carboxylic acid groups (broad SMARTS) is 1. The first-order valence-electron chi connectivity index (χ1n) is 2.69. The Bertz CT molecular complexity index is 209. The van der Waals surface area contributed by atoms with E-state index in [-0.39, 0.29) is 5.70 Å². The number of allylic oxidation sites excluding steroid dienone is 1. The van der Waals surface area contributed by atoms with Crippen LogP contribution in [0.2, 0.25) is 0 Å². The molecule has 0 aromatic heterocycles. The van der Waals surface area contributed by atoms with Gasteiger partial charge in [0.05, 0.1) is 0 Å². The van der Waals surface area contributed by atoms with E-state index in [0.717, 1.165) is 0 Å². The number of hydrogen-bond donors (Lipinski definition) is 3. The Morgan fingerprint density at radius 2 is 2.60 bits per heavy atom. The highest BCUT2D eigenvalue weighted by atomic mass is 16.4. The van der Waals surface area contributed by atoms with Gasteiger partial charge in [0.1, 0.15) is 5.70 Å². The second-order valence-corrected chi connectivity index (χ2v) is 1.77. The quantitative estimate of drug-likeness (QED) is 0.431. The van der Waals surface area contributed by atoms with E-state index < -0.39 is 12.3 Å². The molecule has 1 atom stereocenters. The fourth-order valence-corrected chi connectivity index (χ4v) is 0.588. The first-order chi connectivity index (χ1) is 4.70. The van der Waals surface area contributed by atoms with Crippen LogP contribution in [0.3, 0.4) is 0 Å². The summed E-state index contributed by atoms with van der Waals surface area (Å²) in [5, 5.41) is 10.9. The summed E-state index contributed by atoms with van der Waals surface area (Å²) in [7, 11) is 0. The normalized spacial score (nSPS) is 23.3. The molecule has 1 rings (SSSR count). The van der Waals surface area contributed by atoms with Gasteiger partial charge in [0, 0.05) is 6.21 Å². The van der Waals surface area contributed by atoms with Crippen LogP contribution in [0.4, 0.5) is 0 Å². The second-order valence-electron chi connectivity index (χ2n) is 1.77. The Morgan fingerprint density at radius 1 is 1.90 bits per heavy atom. The molecule has 5 heteroatoms. The smallest absolute Gasteiger partial charge is 0.352 e. The van der Waals surface area contributed by atoms with Gasteiger partial charge in [-0.25, -0.2) is 4.79 Å². The lowest BCUT2D eigenvalue weighted by molar-refractivity contribution is -0.133. The van der Waals surface area contributed by atoms with Gasteiger partial charge in [-0.2, -0.15) is 0 Å². The van der Waals surface area contributed by atoms with Crippen molar-refractivity contribution < 1.29 is 9.90 Å². The van der Waals surface area contributed by atoms with E-state index in [2.05, 4.69) is 10.3 Å². The van der Waals surface area contributed by atoms with Crippen molar-refractivity contribution in [2.75, 3.05) is 0 Å². The molecule has 0 unspecified atom stereocenters. The lowest BCUT2D eigenvalue weighted by atomic mass is 10.4. The van der Waals surface area contributed by atoms with Crippen LogP contribution < -0.4 is 11.1 Å². The summed E-state index contributed by atoms with van der Waals surface area (Å²) in [6, 6.07) is 0. The van der Waals surface area contributed by atoms with Crippen molar-refractivity contribution in [2.24, 2.45) is 10.7 Å². The Kier molecular flexibility index (Phi) is 1.68. The molecule has 0 radical (unpaired) electrons. The van der Waals surface area contributed by atoms with Crippen LogP contribution in [-0.4, -0.2) is 23.6 Å². The highest BCUT2D eigenvalue weighted by Gasteiger charge is 2.11. The van der Waals surface area contributed by atoms with Crippen LogP contribution in [0.25, 0.3) is 0 Å². The zero-order chi connectivity index (χ0) is 7.56. The van der Waals surface area contributed by atoms with Gasteiger partial charge in [-0.1, -0.05) is 0 Å². The highest BCUT2D eigenvalue weighted by Crippen LogP contribution is 1.94. The van der Waals surface area contributed by atoms with Crippen LogP contribution in [0, 0.1) is 0 Å². The molecule has 0 saturated carbocycles. The van der Waals surface area contributed by atoms with Gasteiger partial charge in [0.25, 0.3) is 0 Å². The zero-order valence-corrected chi connectivity index (χ0v) is 5.11. The molecular formula is C5H7N3O2. The van der Waals surface area contributed by atoms with Gasteiger partial charge in [0.15, 0.2) is 6.29 Å². The highest BCUT2D eigenvalue weighted by molar-refractivity contribution is 5.92. The molecule has 0 fully saturated rings. The van der Waals surface area contributed by atoms with Crippen molar-refractivity contribution >= 4 is 12.2 Å². The van der Waals surface area contributed by atoms with Crippen molar-refractivity contribution in [3.8, 4) is 0 Å². The van der Waals surface area contributed by atoms with E-state index in [9.17, 15) is 4.79 Å². The fraction of sp³-hybridized carbons (Fsp3) is 0.200. The molecule has 10 heavy (non-hydrogen) atoms. The third kappa shape index (κ3) is 1.32. The van der Waals surface area contributed by atoms with E-state index in [4.69, 9.17) is 10.8 Å². The number of aliphatic carboxylic acids is 1. The predicted molar refractivity (Wildman–Crippen MR) is 35.3 cm³/mol. The standard InChI is InChI=1S/C5H7N3O2/c6-5-7-2-1-3(8-5)4(9)10/h1-2,5,8H,6H2,(H,9,10)/t5-/m0/s1. The minimum atomic E-state index is -1.03. The molecule has 5 nitrogen and oxygen atoms in total. The molecule has 1 aliphatic heterocycles. The molecular weight excluding hydrogens is 134 g/mol. The third-order valence-electron chi connectivity index (χ3n) is 1.02. The predicted octanol–water partition coefficient (Wildman–Crippen LogP) is -1.13. The first kappa shape index (κ1) is 6.76. The fourth-order valence-electron chi connectivity index (χ4n) is 0.588. The Balaban J connectivity index is 2.71. The molecule has 4 N–H and O–H groups in total. The molecule has 1 aliphatic rings. The maximum Gasteiger partial charge on any atom is 0.352 e. The van der Waals surface area contributed by atoms with Crippen LogP contribution in [-0.2, 0) is 4.79 Å². The zero-order valence-electron chi connectivity index (χ0n) is 5.11. The van der Waals surface area contributed by atoms with Crippen molar-refractivity contribution in [2.45, 2.75) is 6.29 Å². The van der Waals surface area contributed by atoms with Crippen LogP contribution in [0.5, 0.6) is 0 Å². The monoisotopic (exact) mass is 141 g/mol. The molecule has 0 saturated heterocycles. The number of nitrogens with zero attached hydrogens (tertiary/aromatic N) is 1. The summed E-state index contributed by atoms with van der Waals surface area (Å²) in [5.41, 5.74) is 5.32.